The molecule has 0 fully saturated rings. The second-order valence-electron chi connectivity index (χ2n) is 8.99. The van der Waals surface area contributed by atoms with Crippen LogP contribution in [0.25, 0.3) is 20.8 Å². The van der Waals surface area contributed by atoms with Crippen molar-refractivity contribution in [3.63, 3.8) is 0 Å². The van der Waals surface area contributed by atoms with Gasteiger partial charge >= 0.3 is 0 Å². The third-order valence-corrected chi connectivity index (χ3v) is 10.3. The molecule has 2 aromatic heterocycles. The van der Waals surface area contributed by atoms with Crippen molar-refractivity contribution in [2.45, 2.75) is 30.6 Å². The molecule has 2 heterocycles. The number of benzene rings is 3. The molecular formula is C28H22ClN3O3S3. The van der Waals surface area contributed by atoms with E-state index < -0.39 is 10.0 Å². The Labute approximate surface area is 233 Å². The van der Waals surface area contributed by atoms with Crippen LogP contribution in [-0.2, 0) is 22.9 Å². The monoisotopic (exact) mass is 579 g/mol. The van der Waals surface area contributed by atoms with Gasteiger partial charge in [-0.3, -0.25) is 9.52 Å². The van der Waals surface area contributed by atoms with Crippen molar-refractivity contribution in [1.82, 2.24) is 4.98 Å². The minimum absolute atomic E-state index is 0.104. The van der Waals surface area contributed by atoms with E-state index in [0.717, 1.165) is 51.5 Å². The summed E-state index contributed by atoms with van der Waals surface area (Å²) in [5, 5.41) is 5.31. The lowest BCUT2D eigenvalue weighted by atomic mass is 9.95. The number of anilines is 2. The van der Waals surface area contributed by atoms with Gasteiger partial charge in [-0.25, -0.2) is 13.4 Å². The highest BCUT2D eigenvalue weighted by molar-refractivity contribution is 7.92. The van der Waals surface area contributed by atoms with Crippen LogP contribution in [0.15, 0.2) is 77.7 Å². The number of aryl methyl sites for hydroxylation is 1. The molecule has 0 saturated carbocycles. The molecule has 0 saturated heterocycles. The second kappa shape index (κ2) is 10.1. The van der Waals surface area contributed by atoms with Crippen molar-refractivity contribution in [2.75, 3.05) is 10.0 Å². The van der Waals surface area contributed by atoms with Gasteiger partial charge in [0.25, 0.3) is 15.9 Å². The fourth-order valence-electron chi connectivity index (χ4n) is 4.55. The number of aromatic nitrogens is 1. The van der Waals surface area contributed by atoms with Gasteiger partial charge in [-0.1, -0.05) is 23.7 Å². The van der Waals surface area contributed by atoms with E-state index in [1.165, 1.54) is 34.7 Å². The van der Waals surface area contributed by atoms with Gasteiger partial charge < -0.3 is 5.32 Å². The van der Waals surface area contributed by atoms with Crippen LogP contribution in [0, 0.1) is 0 Å². The Balaban J connectivity index is 1.25. The summed E-state index contributed by atoms with van der Waals surface area (Å²) in [6.45, 7) is 0. The molecule has 0 atom stereocenters. The smallest absolute Gasteiger partial charge is 0.261 e. The van der Waals surface area contributed by atoms with Gasteiger partial charge in [0.2, 0.25) is 0 Å². The highest BCUT2D eigenvalue weighted by atomic mass is 35.5. The standard InChI is InChI=1S/C28H22ClN3O3S3/c29-18-11-15-20(16-12-18)38(34,35)32-19-13-9-17(10-14-19)26(33)31-28-25(21-5-1-3-7-23(21)36-28)27-30-22-6-2-4-8-24(22)37-27/h2,4,6,8-16,32H,1,3,5,7H2,(H,31,33). The Morgan fingerprint density at radius 2 is 1.63 bits per heavy atom. The number of hydrogen-bond acceptors (Lipinski definition) is 6. The topological polar surface area (TPSA) is 88.2 Å². The Kier molecular flexibility index (Phi) is 6.69. The first-order chi connectivity index (χ1) is 18.4. The number of thiazole rings is 1. The van der Waals surface area contributed by atoms with Crippen LogP contribution in [0.1, 0.15) is 33.6 Å². The molecule has 6 nitrogen and oxygen atoms in total. The fourth-order valence-corrected chi connectivity index (χ4v) is 8.13. The van der Waals surface area contributed by atoms with Crippen LogP contribution in [0.3, 0.4) is 0 Å². The Bertz CT molecular complexity index is 1730. The minimum Gasteiger partial charge on any atom is -0.313 e. The molecule has 1 aliphatic carbocycles. The van der Waals surface area contributed by atoms with E-state index in [4.69, 9.17) is 16.6 Å². The van der Waals surface area contributed by atoms with Gasteiger partial charge in [0.05, 0.1) is 15.1 Å². The number of halogens is 1. The SMILES string of the molecule is O=C(Nc1sc2c(c1-c1nc3ccccc3s1)CCCC2)c1ccc(NS(=O)(=O)c2ccc(Cl)cc2)cc1. The molecule has 2 N–H and O–H groups in total. The molecule has 0 unspecified atom stereocenters. The first kappa shape index (κ1) is 25.1. The van der Waals surface area contributed by atoms with Crippen molar-refractivity contribution < 1.29 is 13.2 Å². The number of hydrogen-bond donors (Lipinski definition) is 2. The highest BCUT2D eigenvalue weighted by Crippen LogP contribution is 2.46. The van der Waals surface area contributed by atoms with Crippen LogP contribution in [-0.4, -0.2) is 19.3 Å². The van der Waals surface area contributed by atoms with Crippen LogP contribution in [0.4, 0.5) is 10.7 Å². The summed E-state index contributed by atoms with van der Waals surface area (Å²) < 4.78 is 29.0. The molecule has 0 aliphatic heterocycles. The lowest BCUT2D eigenvalue weighted by molar-refractivity contribution is 0.102. The van der Waals surface area contributed by atoms with Gasteiger partial charge in [0.15, 0.2) is 0 Å². The number of thiophene rings is 1. The largest absolute Gasteiger partial charge is 0.313 e. The van der Waals surface area contributed by atoms with E-state index in [2.05, 4.69) is 16.1 Å². The molecule has 1 aliphatic rings. The summed E-state index contributed by atoms with van der Waals surface area (Å²) in [6, 6.07) is 20.4. The van der Waals surface area contributed by atoms with Gasteiger partial charge in [0, 0.05) is 26.7 Å². The average molecular weight is 580 g/mol. The fraction of sp³-hybridized carbons (Fsp3) is 0.143. The lowest BCUT2D eigenvalue weighted by Crippen LogP contribution is -2.14. The van der Waals surface area contributed by atoms with Gasteiger partial charge in [-0.15, -0.1) is 22.7 Å². The maximum Gasteiger partial charge on any atom is 0.261 e. The number of nitrogens with zero attached hydrogens (tertiary/aromatic N) is 1. The Morgan fingerprint density at radius 1 is 0.895 bits per heavy atom. The summed E-state index contributed by atoms with van der Waals surface area (Å²) >= 11 is 9.14. The van der Waals surface area contributed by atoms with Gasteiger partial charge in [-0.2, -0.15) is 0 Å². The van der Waals surface area contributed by atoms with Crippen molar-refractivity contribution in [3.05, 3.63) is 93.8 Å². The molecule has 0 spiro atoms. The van der Waals surface area contributed by atoms with Gasteiger partial charge in [0.1, 0.15) is 10.0 Å². The maximum absolute atomic E-state index is 13.3. The van der Waals surface area contributed by atoms with Crippen molar-refractivity contribution in [1.29, 1.82) is 0 Å². The molecule has 192 valence electrons. The molecule has 5 aromatic rings. The number of sulfonamides is 1. The predicted molar refractivity (Wildman–Crippen MR) is 156 cm³/mol. The lowest BCUT2D eigenvalue weighted by Gasteiger charge is -2.12. The first-order valence-corrected chi connectivity index (χ1v) is 15.6. The van der Waals surface area contributed by atoms with Crippen molar-refractivity contribution in [3.8, 4) is 10.6 Å². The quantitative estimate of drug-likeness (QED) is 0.217. The summed E-state index contributed by atoms with van der Waals surface area (Å²) in [6.07, 6.45) is 4.27. The number of fused-ring (bicyclic) bond motifs is 2. The zero-order valence-corrected chi connectivity index (χ0v) is 23.2. The van der Waals surface area contributed by atoms with E-state index in [0.29, 0.717) is 16.3 Å². The van der Waals surface area contributed by atoms with E-state index >= 15 is 0 Å². The molecule has 1 amide bonds. The minimum atomic E-state index is -3.77. The zero-order valence-electron chi connectivity index (χ0n) is 20.0. The number of para-hydroxylation sites is 1. The first-order valence-electron chi connectivity index (χ1n) is 12.1. The average Bonchev–Trinajstić information content (AvgIpc) is 3.49. The summed E-state index contributed by atoms with van der Waals surface area (Å²) in [7, 11) is -3.77. The van der Waals surface area contributed by atoms with Crippen molar-refractivity contribution >= 4 is 71.1 Å². The number of rotatable bonds is 6. The van der Waals surface area contributed by atoms with Gasteiger partial charge in [-0.05, 0) is 91.9 Å². The predicted octanol–water partition coefficient (Wildman–Crippen LogP) is 7.61. The van der Waals surface area contributed by atoms with E-state index in [9.17, 15) is 13.2 Å². The molecule has 38 heavy (non-hydrogen) atoms. The molecule has 0 bridgehead atoms. The van der Waals surface area contributed by atoms with Crippen LogP contribution in [0.2, 0.25) is 5.02 Å². The number of amides is 1. The molecule has 3 aromatic carbocycles. The zero-order chi connectivity index (χ0) is 26.3. The van der Waals surface area contributed by atoms with Crippen LogP contribution in [0.5, 0.6) is 0 Å². The van der Waals surface area contributed by atoms with Crippen molar-refractivity contribution in [2.24, 2.45) is 0 Å². The molecule has 10 heteroatoms. The van der Waals surface area contributed by atoms with Crippen LogP contribution >= 0.6 is 34.3 Å². The third-order valence-electron chi connectivity index (χ3n) is 6.43. The normalized spacial score (nSPS) is 13.3. The number of nitrogens with one attached hydrogen (secondary N) is 2. The molecule has 0 radical (unpaired) electrons. The number of carbonyl (C=O) groups excluding carboxylic acids is 1. The molecule has 6 rings (SSSR count). The molecular weight excluding hydrogens is 558 g/mol. The number of carbonyl (C=O) groups is 1. The Hall–Kier alpha value is -3.24. The summed E-state index contributed by atoms with van der Waals surface area (Å²) in [5.74, 6) is -0.252. The highest BCUT2D eigenvalue weighted by Gasteiger charge is 2.25. The van der Waals surface area contributed by atoms with Crippen LogP contribution < -0.4 is 10.0 Å². The van der Waals surface area contributed by atoms with E-state index in [-0.39, 0.29) is 10.8 Å². The maximum atomic E-state index is 13.3. The Morgan fingerprint density at radius 3 is 2.39 bits per heavy atom. The summed E-state index contributed by atoms with van der Waals surface area (Å²) in [5.41, 5.74) is 4.07. The second-order valence-corrected chi connectivity index (χ2v) is 13.2. The van der Waals surface area contributed by atoms with E-state index in [1.807, 2.05) is 18.2 Å². The summed E-state index contributed by atoms with van der Waals surface area (Å²) in [4.78, 5) is 19.6. The third kappa shape index (κ3) is 4.94. The van der Waals surface area contributed by atoms with E-state index in [1.54, 1.807) is 46.9 Å².